The van der Waals surface area contributed by atoms with Crippen molar-refractivity contribution in [3.05, 3.63) is 22.7 Å². The molecular formula is C14H20ClN3O2. The summed E-state index contributed by atoms with van der Waals surface area (Å²) in [6.45, 7) is 4.92. The van der Waals surface area contributed by atoms with E-state index in [-0.39, 0.29) is 0 Å². The molecule has 0 saturated heterocycles. The van der Waals surface area contributed by atoms with Crippen molar-refractivity contribution in [2.45, 2.75) is 19.9 Å². The van der Waals surface area contributed by atoms with Crippen molar-refractivity contribution in [1.29, 1.82) is 0 Å². The van der Waals surface area contributed by atoms with E-state index in [1.165, 1.54) is 0 Å². The fraction of sp³-hybridized carbons (Fsp3) is 0.500. The van der Waals surface area contributed by atoms with Crippen LogP contribution in [-0.2, 0) is 6.54 Å². The number of aliphatic imine (C=N–C) groups is 1. The number of nitrogens with one attached hydrogen (secondary N) is 2. The third-order valence-corrected chi connectivity index (χ3v) is 3.22. The highest BCUT2D eigenvalue weighted by Gasteiger charge is 2.12. The second-order valence-electron chi connectivity index (χ2n) is 4.41. The van der Waals surface area contributed by atoms with Crippen LogP contribution in [-0.4, -0.2) is 32.8 Å². The van der Waals surface area contributed by atoms with Gasteiger partial charge in [0.15, 0.2) is 17.5 Å². The summed E-state index contributed by atoms with van der Waals surface area (Å²) in [7, 11) is 1.61. The van der Waals surface area contributed by atoms with Gasteiger partial charge in [0.25, 0.3) is 0 Å². The van der Waals surface area contributed by atoms with Crippen molar-refractivity contribution in [1.82, 2.24) is 10.6 Å². The molecule has 2 N–H and O–H groups in total. The van der Waals surface area contributed by atoms with Crippen LogP contribution < -0.4 is 20.1 Å². The molecule has 0 aromatic heterocycles. The van der Waals surface area contributed by atoms with Crippen molar-refractivity contribution < 1.29 is 9.47 Å². The van der Waals surface area contributed by atoms with E-state index < -0.39 is 0 Å². The summed E-state index contributed by atoms with van der Waals surface area (Å²) >= 11 is 6.23. The average Bonchev–Trinajstić information content (AvgIpc) is 2.48. The maximum atomic E-state index is 6.23. The van der Waals surface area contributed by atoms with Gasteiger partial charge in [-0.05, 0) is 31.0 Å². The summed E-state index contributed by atoms with van der Waals surface area (Å²) in [5, 5.41) is 7.02. The van der Waals surface area contributed by atoms with Crippen molar-refractivity contribution in [2.75, 3.05) is 26.8 Å². The summed E-state index contributed by atoms with van der Waals surface area (Å²) in [5.41, 5.74) is 1.02. The van der Waals surface area contributed by atoms with E-state index in [9.17, 15) is 0 Å². The number of hydrogen-bond donors (Lipinski definition) is 2. The van der Waals surface area contributed by atoms with Gasteiger partial charge in [-0.1, -0.05) is 11.6 Å². The summed E-state index contributed by atoms with van der Waals surface area (Å²) in [6.07, 6.45) is 1.08. The van der Waals surface area contributed by atoms with E-state index in [1.807, 2.05) is 19.1 Å². The van der Waals surface area contributed by atoms with E-state index in [2.05, 4.69) is 15.6 Å². The Morgan fingerprint density at radius 1 is 1.45 bits per heavy atom. The van der Waals surface area contributed by atoms with Crippen molar-refractivity contribution >= 4 is 17.6 Å². The normalized spacial score (nSPS) is 14.2. The second kappa shape index (κ2) is 7.24. The number of methoxy groups -OCH3 is 1. The molecule has 2 rings (SSSR count). The lowest BCUT2D eigenvalue weighted by Gasteiger charge is -2.17. The molecule has 0 bridgehead atoms. The van der Waals surface area contributed by atoms with E-state index >= 15 is 0 Å². The van der Waals surface area contributed by atoms with Crippen molar-refractivity contribution in [2.24, 2.45) is 4.99 Å². The van der Waals surface area contributed by atoms with Crippen LogP contribution in [0.25, 0.3) is 0 Å². The molecule has 0 radical (unpaired) electrons. The number of nitrogens with zero attached hydrogens (tertiary/aromatic N) is 1. The van der Waals surface area contributed by atoms with Gasteiger partial charge in [-0.3, -0.25) is 4.99 Å². The zero-order valence-corrected chi connectivity index (χ0v) is 12.6. The maximum absolute atomic E-state index is 6.23. The highest BCUT2D eigenvalue weighted by Crippen LogP contribution is 2.36. The molecule has 0 amide bonds. The maximum Gasteiger partial charge on any atom is 0.191 e. The van der Waals surface area contributed by atoms with Gasteiger partial charge < -0.3 is 20.1 Å². The third kappa shape index (κ3) is 3.70. The van der Waals surface area contributed by atoms with Crippen LogP contribution in [0.4, 0.5) is 0 Å². The Labute approximate surface area is 124 Å². The molecule has 0 spiro atoms. The quantitative estimate of drug-likeness (QED) is 0.875. The first-order chi connectivity index (χ1) is 9.74. The van der Waals surface area contributed by atoms with Gasteiger partial charge in [0.05, 0.1) is 18.7 Å². The molecule has 6 heteroatoms. The molecular weight excluding hydrogens is 278 g/mol. The molecule has 0 atom stereocenters. The van der Waals surface area contributed by atoms with Crippen LogP contribution in [0.5, 0.6) is 11.5 Å². The second-order valence-corrected chi connectivity index (χ2v) is 4.81. The van der Waals surface area contributed by atoms with Crippen LogP contribution in [0.1, 0.15) is 18.9 Å². The highest BCUT2D eigenvalue weighted by atomic mass is 35.5. The number of rotatable bonds is 5. The Kier molecular flexibility index (Phi) is 5.35. The van der Waals surface area contributed by atoms with Crippen LogP contribution in [0.3, 0.4) is 0 Å². The molecule has 0 unspecified atom stereocenters. The Hall–Kier alpha value is -1.62. The first-order valence-electron chi connectivity index (χ1n) is 6.76. The first-order valence-corrected chi connectivity index (χ1v) is 7.13. The topological polar surface area (TPSA) is 54.9 Å². The van der Waals surface area contributed by atoms with E-state index in [0.29, 0.717) is 29.7 Å². The van der Waals surface area contributed by atoms with Crippen LogP contribution >= 0.6 is 11.6 Å². The molecule has 20 heavy (non-hydrogen) atoms. The predicted molar refractivity (Wildman–Crippen MR) is 80.9 cm³/mol. The van der Waals surface area contributed by atoms with Gasteiger partial charge in [-0.15, -0.1) is 0 Å². The van der Waals surface area contributed by atoms with Gasteiger partial charge in [0, 0.05) is 19.6 Å². The predicted octanol–water partition coefficient (Wildman–Crippen LogP) is 2.19. The van der Waals surface area contributed by atoms with Gasteiger partial charge in [-0.2, -0.15) is 0 Å². The lowest BCUT2D eigenvalue weighted by atomic mass is 10.2. The van der Waals surface area contributed by atoms with Crippen molar-refractivity contribution in [3.8, 4) is 11.5 Å². The fourth-order valence-electron chi connectivity index (χ4n) is 2.00. The summed E-state index contributed by atoms with van der Waals surface area (Å²) in [6, 6.07) is 3.80. The molecule has 0 aliphatic carbocycles. The zero-order valence-electron chi connectivity index (χ0n) is 11.8. The number of ether oxygens (including phenoxy) is 2. The van der Waals surface area contributed by atoms with Crippen LogP contribution in [0, 0.1) is 0 Å². The van der Waals surface area contributed by atoms with E-state index in [0.717, 1.165) is 31.0 Å². The molecule has 1 aliphatic rings. The van der Waals surface area contributed by atoms with Gasteiger partial charge >= 0.3 is 0 Å². The van der Waals surface area contributed by atoms with Gasteiger partial charge in [0.1, 0.15) is 0 Å². The van der Waals surface area contributed by atoms with Crippen LogP contribution in [0.15, 0.2) is 17.1 Å². The Bertz CT molecular complexity index is 492. The summed E-state index contributed by atoms with van der Waals surface area (Å²) in [4.78, 5) is 4.36. The monoisotopic (exact) mass is 297 g/mol. The number of hydrogen-bond acceptors (Lipinski definition) is 5. The number of halogens is 1. The smallest absolute Gasteiger partial charge is 0.191 e. The minimum absolute atomic E-state index is 0.550. The van der Waals surface area contributed by atoms with E-state index in [1.54, 1.807) is 7.11 Å². The lowest BCUT2D eigenvalue weighted by molar-refractivity contribution is 0.311. The molecule has 0 saturated carbocycles. The zero-order chi connectivity index (χ0) is 14.4. The largest absolute Gasteiger partial charge is 0.493 e. The average molecular weight is 298 g/mol. The van der Waals surface area contributed by atoms with Crippen molar-refractivity contribution in [3.63, 3.8) is 0 Å². The fourth-order valence-corrected chi connectivity index (χ4v) is 2.28. The SMILES string of the molecule is CCOc1c(Cl)cc(CNC2=NCCCN2)cc1OC. The Morgan fingerprint density at radius 3 is 2.95 bits per heavy atom. The summed E-state index contributed by atoms with van der Waals surface area (Å²) in [5.74, 6) is 2.07. The number of benzene rings is 1. The molecule has 110 valence electrons. The van der Waals surface area contributed by atoms with Gasteiger partial charge in [-0.25, -0.2) is 0 Å². The van der Waals surface area contributed by atoms with Crippen LogP contribution in [0.2, 0.25) is 5.02 Å². The van der Waals surface area contributed by atoms with Gasteiger partial charge in [0.2, 0.25) is 0 Å². The standard InChI is InChI=1S/C14H20ClN3O2/c1-3-20-13-11(15)7-10(8-12(13)19-2)9-18-14-16-5-4-6-17-14/h7-8H,3-6,9H2,1-2H3,(H2,16,17,18). The Balaban J connectivity index is 2.08. The molecule has 1 aliphatic heterocycles. The van der Waals surface area contributed by atoms with E-state index in [4.69, 9.17) is 21.1 Å². The first kappa shape index (κ1) is 14.8. The number of guanidine groups is 1. The molecule has 1 aromatic carbocycles. The molecule has 1 aromatic rings. The molecule has 1 heterocycles. The minimum Gasteiger partial charge on any atom is -0.493 e. The molecule has 0 fully saturated rings. The molecule has 5 nitrogen and oxygen atoms in total. The summed E-state index contributed by atoms with van der Waals surface area (Å²) < 4.78 is 10.8. The Morgan fingerprint density at radius 2 is 2.30 bits per heavy atom. The highest BCUT2D eigenvalue weighted by molar-refractivity contribution is 6.32. The third-order valence-electron chi connectivity index (χ3n) is 2.94. The lowest BCUT2D eigenvalue weighted by Crippen LogP contribution is -2.40. The minimum atomic E-state index is 0.550.